The molecule has 0 radical (unpaired) electrons. The minimum Gasteiger partial charge on any atom is -0.490 e. The van der Waals surface area contributed by atoms with E-state index in [-0.39, 0.29) is 35.8 Å². The Morgan fingerprint density at radius 1 is 1.16 bits per heavy atom. The van der Waals surface area contributed by atoms with E-state index in [1.54, 1.807) is 13.0 Å². The fourth-order valence-corrected chi connectivity index (χ4v) is 2.96. The molecule has 1 heterocycles. The lowest BCUT2D eigenvalue weighted by Crippen LogP contribution is -2.12. The van der Waals surface area contributed by atoms with Crippen LogP contribution < -0.4 is 10.1 Å². The van der Waals surface area contributed by atoms with Crippen molar-refractivity contribution in [1.82, 2.24) is 9.97 Å². The predicted octanol–water partition coefficient (Wildman–Crippen LogP) is 4.61. The number of fused-ring (bicyclic) bond motifs is 1. The SMILES string of the molecule is COCCOc1cc2c(NCc3cccc(C(F)(F)F)c3F)nc(C)nc2cc1C#N. The van der Waals surface area contributed by atoms with Crippen molar-refractivity contribution in [2.75, 3.05) is 25.6 Å². The molecular formula is C21H18F4N4O2. The van der Waals surface area contributed by atoms with Gasteiger partial charge in [0.15, 0.2) is 0 Å². The number of methoxy groups -OCH3 is 1. The Kier molecular flexibility index (Phi) is 6.56. The summed E-state index contributed by atoms with van der Waals surface area (Å²) in [5, 5.41) is 12.7. The van der Waals surface area contributed by atoms with Crippen LogP contribution in [-0.2, 0) is 17.5 Å². The number of benzene rings is 2. The van der Waals surface area contributed by atoms with Gasteiger partial charge >= 0.3 is 6.18 Å². The van der Waals surface area contributed by atoms with Gasteiger partial charge in [-0.3, -0.25) is 0 Å². The first-order chi connectivity index (χ1) is 14.7. The second kappa shape index (κ2) is 9.14. The molecule has 0 aliphatic rings. The lowest BCUT2D eigenvalue weighted by molar-refractivity contribution is -0.140. The number of alkyl halides is 3. The number of anilines is 1. The Hall–Kier alpha value is -3.45. The molecule has 0 atom stereocenters. The lowest BCUT2D eigenvalue weighted by Gasteiger charge is -2.14. The summed E-state index contributed by atoms with van der Waals surface area (Å²) >= 11 is 0. The van der Waals surface area contributed by atoms with Gasteiger partial charge in [-0.1, -0.05) is 12.1 Å². The van der Waals surface area contributed by atoms with Crippen LogP contribution in [0.5, 0.6) is 5.75 Å². The molecule has 0 fully saturated rings. The number of nitrogens with one attached hydrogen (secondary N) is 1. The molecule has 2 aromatic carbocycles. The smallest absolute Gasteiger partial charge is 0.419 e. The van der Waals surface area contributed by atoms with E-state index in [1.165, 1.54) is 19.2 Å². The van der Waals surface area contributed by atoms with Crippen LogP contribution in [0.15, 0.2) is 30.3 Å². The molecule has 10 heteroatoms. The summed E-state index contributed by atoms with van der Waals surface area (Å²) in [6.45, 7) is 1.92. The highest BCUT2D eigenvalue weighted by Gasteiger charge is 2.34. The van der Waals surface area contributed by atoms with Crippen molar-refractivity contribution in [2.45, 2.75) is 19.6 Å². The largest absolute Gasteiger partial charge is 0.490 e. The van der Waals surface area contributed by atoms with Crippen LogP contribution in [0.25, 0.3) is 10.9 Å². The highest BCUT2D eigenvalue weighted by Crippen LogP contribution is 2.33. The first-order valence-electron chi connectivity index (χ1n) is 9.17. The van der Waals surface area contributed by atoms with E-state index in [0.29, 0.717) is 29.4 Å². The van der Waals surface area contributed by atoms with E-state index < -0.39 is 17.6 Å². The van der Waals surface area contributed by atoms with Crippen LogP contribution in [-0.4, -0.2) is 30.3 Å². The summed E-state index contributed by atoms with van der Waals surface area (Å²) in [5.74, 6) is -0.405. The Balaban J connectivity index is 1.97. The summed E-state index contributed by atoms with van der Waals surface area (Å²) in [6, 6.07) is 8.23. The molecule has 0 saturated carbocycles. The second-order valence-corrected chi connectivity index (χ2v) is 6.57. The maximum Gasteiger partial charge on any atom is 0.419 e. The topological polar surface area (TPSA) is 80.1 Å². The summed E-state index contributed by atoms with van der Waals surface area (Å²) in [7, 11) is 1.51. The molecule has 6 nitrogen and oxygen atoms in total. The molecule has 1 aromatic heterocycles. The number of aromatic nitrogens is 2. The number of aryl methyl sites for hydroxylation is 1. The Morgan fingerprint density at radius 2 is 1.94 bits per heavy atom. The van der Waals surface area contributed by atoms with Crippen molar-refractivity contribution < 1.29 is 27.0 Å². The normalized spacial score (nSPS) is 11.4. The fraction of sp³-hybridized carbons (Fsp3) is 0.286. The zero-order valence-electron chi connectivity index (χ0n) is 16.7. The quantitative estimate of drug-likeness (QED) is 0.432. The highest BCUT2D eigenvalue weighted by molar-refractivity contribution is 5.91. The molecular weight excluding hydrogens is 416 g/mol. The predicted molar refractivity (Wildman–Crippen MR) is 105 cm³/mol. The van der Waals surface area contributed by atoms with Gasteiger partial charge in [0.05, 0.1) is 23.3 Å². The third-order valence-electron chi connectivity index (χ3n) is 4.40. The minimum atomic E-state index is -4.79. The van der Waals surface area contributed by atoms with Crippen LogP contribution in [0.4, 0.5) is 23.4 Å². The zero-order chi connectivity index (χ0) is 22.6. The lowest BCUT2D eigenvalue weighted by atomic mass is 10.1. The van der Waals surface area contributed by atoms with Crippen molar-refractivity contribution in [3.63, 3.8) is 0 Å². The number of halogens is 4. The Morgan fingerprint density at radius 3 is 2.61 bits per heavy atom. The van der Waals surface area contributed by atoms with Crippen molar-refractivity contribution >= 4 is 16.7 Å². The van der Waals surface area contributed by atoms with Gasteiger partial charge in [0, 0.05) is 24.6 Å². The van der Waals surface area contributed by atoms with Gasteiger partial charge in [-0.05, 0) is 25.1 Å². The third kappa shape index (κ3) is 5.00. The molecule has 31 heavy (non-hydrogen) atoms. The molecule has 3 aromatic rings. The fourth-order valence-electron chi connectivity index (χ4n) is 2.96. The number of hydrogen-bond donors (Lipinski definition) is 1. The van der Waals surface area contributed by atoms with E-state index in [0.717, 1.165) is 6.07 Å². The number of hydrogen-bond acceptors (Lipinski definition) is 6. The first-order valence-corrected chi connectivity index (χ1v) is 9.17. The number of rotatable bonds is 7. The van der Waals surface area contributed by atoms with Crippen LogP contribution in [0.1, 0.15) is 22.5 Å². The highest BCUT2D eigenvalue weighted by atomic mass is 19.4. The summed E-state index contributed by atoms with van der Waals surface area (Å²) in [4.78, 5) is 8.58. The van der Waals surface area contributed by atoms with E-state index in [2.05, 4.69) is 15.3 Å². The first kappa shape index (κ1) is 22.2. The van der Waals surface area contributed by atoms with Gasteiger partial charge < -0.3 is 14.8 Å². The Labute approximate surface area is 175 Å². The van der Waals surface area contributed by atoms with Gasteiger partial charge in [0.2, 0.25) is 0 Å². The van der Waals surface area contributed by atoms with Crippen molar-refractivity contribution in [1.29, 1.82) is 5.26 Å². The zero-order valence-corrected chi connectivity index (χ0v) is 16.7. The van der Waals surface area contributed by atoms with Crippen LogP contribution in [0.2, 0.25) is 0 Å². The maximum absolute atomic E-state index is 14.3. The maximum atomic E-state index is 14.3. The van der Waals surface area contributed by atoms with Crippen LogP contribution >= 0.6 is 0 Å². The number of nitriles is 1. The molecule has 1 N–H and O–H groups in total. The average Bonchev–Trinajstić information content (AvgIpc) is 2.71. The Bertz CT molecular complexity index is 1140. The minimum absolute atomic E-state index is 0.163. The summed E-state index contributed by atoms with van der Waals surface area (Å²) < 4.78 is 63.8. The van der Waals surface area contributed by atoms with E-state index in [9.17, 15) is 22.8 Å². The van der Waals surface area contributed by atoms with Gasteiger partial charge in [-0.25, -0.2) is 14.4 Å². The third-order valence-corrected chi connectivity index (χ3v) is 4.40. The van der Waals surface area contributed by atoms with Gasteiger partial charge in [0.1, 0.15) is 35.9 Å². The van der Waals surface area contributed by atoms with Gasteiger partial charge in [0.25, 0.3) is 0 Å². The standard InChI is InChI=1S/C21H18F4N4O2/c1-12-28-17-8-14(10-26)18(31-7-6-30-2)9-15(17)20(29-12)27-11-13-4-3-5-16(19(13)22)21(23,24)25/h3-5,8-9H,6-7,11H2,1-2H3,(H,27,28,29). The molecule has 0 bridgehead atoms. The summed E-state index contributed by atoms with van der Waals surface area (Å²) in [6.07, 6.45) is -4.79. The van der Waals surface area contributed by atoms with Crippen molar-refractivity contribution in [3.8, 4) is 11.8 Å². The van der Waals surface area contributed by atoms with Crippen LogP contribution in [0, 0.1) is 24.1 Å². The van der Waals surface area contributed by atoms with E-state index in [1.807, 2.05) is 6.07 Å². The average molecular weight is 434 g/mol. The number of nitrogens with zero attached hydrogens (tertiary/aromatic N) is 3. The molecule has 0 spiro atoms. The molecule has 0 unspecified atom stereocenters. The molecule has 0 aliphatic heterocycles. The van der Waals surface area contributed by atoms with E-state index in [4.69, 9.17) is 9.47 Å². The van der Waals surface area contributed by atoms with Gasteiger partial charge in [-0.2, -0.15) is 18.4 Å². The molecule has 3 rings (SSSR count). The van der Waals surface area contributed by atoms with Crippen molar-refractivity contribution in [2.24, 2.45) is 0 Å². The summed E-state index contributed by atoms with van der Waals surface area (Å²) in [5.41, 5.74) is -0.792. The van der Waals surface area contributed by atoms with Crippen LogP contribution in [0.3, 0.4) is 0 Å². The monoisotopic (exact) mass is 434 g/mol. The molecule has 162 valence electrons. The number of ether oxygens (including phenoxy) is 2. The second-order valence-electron chi connectivity index (χ2n) is 6.57. The van der Waals surface area contributed by atoms with E-state index >= 15 is 0 Å². The molecule has 0 amide bonds. The molecule has 0 aliphatic carbocycles. The van der Waals surface area contributed by atoms with Crippen molar-refractivity contribution in [3.05, 3.63) is 58.7 Å². The molecule has 0 saturated heterocycles. The van der Waals surface area contributed by atoms with Gasteiger partial charge in [-0.15, -0.1) is 0 Å².